The van der Waals surface area contributed by atoms with Crippen molar-refractivity contribution in [2.24, 2.45) is 0 Å². The summed E-state index contributed by atoms with van der Waals surface area (Å²) < 4.78 is 6.57. The van der Waals surface area contributed by atoms with Gasteiger partial charge in [-0.15, -0.1) is 0 Å². The minimum absolute atomic E-state index is 0.691. The zero-order valence-electron chi connectivity index (χ0n) is 10.3. The predicted molar refractivity (Wildman–Crippen MR) is 79.1 cm³/mol. The van der Waals surface area contributed by atoms with Gasteiger partial charge in [-0.3, -0.25) is 0 Å². The van der Waals surface area contributed by atoms with E-state index in [-0.39, 0.29) is 0 Å². The molecule has 1 N–H and O–H groups in total. The lowest BCUT2D eigenvalue weighted by atomic mass is 10.2. The molecule has 0 radical (unpaired) electrons. The van der Waals surface area contributed by atoms with Crippen LogP contribution in [0.4, 0.5) is 5.69 Å². The number of hydrogen-bond acceptors (Lipinski definition) is 2. The summed E-state index contributed by atoms with van der Waals surface area (Å²) in [7, 11) is 0. The topological polar surface area (TPSA) is 21.3 Å². The van der Waals surface area contributed by atoms with E-state index in [1.165, 1.54) is 5.56 Å². The summed E-state index contributed by atoms with van der Waals surface area (Å²) in [5.41, 5.74) is 2.32. The van der Waals surface area contributed by atoms with E-state index in [9.17, 15) is 0 Å². The van der Waals surface area contributed by atoms with Gasteiger partial charge in [-0.2, -0.15) is 0 Å². The molecule has 0 heterocycles. The fourth-order valence-electron chi connectivity index (χ4n) is 1.67. The molecule has 18 heavy (non-hydrogen) atoms. The average molecular weight is 306 g/mol. The second-order valence-corrected chi connectivity index (χ2v) is 4.86. The van der Waals surface area contributed by atoms with Crippen molar-refractivity contribution in [2.75, 3.05) is 11.9 Å². The molecule has 0 fully saturated rings. The summed E-state index contributed by atoms with van der Waals surface area (Å²) in [6.07, 6.45) is 0. The van der Waals surface area contributed by atoms with E-state index in [1.54, 1.807) is 0 Å². The van der Waals surface area contributed by atoms with E-state index < -0.39 is 0 Å². The van der Waals surface area contributed by atoms with Crippen LogP contribution in [0.5, 0.6) is 5.75 Å². The number of anilines is 1. The quantitative estimate of drug-likeness (QED) is 0.880. The molecule has 3 heteroatoms. The van der Waals surface area contributed by atoms with Crippen LogP contribution in [-0.2, 0) is 6.54 Å². The van der Waals surface area contributed by atoms with Crippen molar-refractivity contribution in [3.05, 3.63) is 58.6 Å². The Morgan fingerprint density at radius 3 is 2.61 bits per heavy atom. The van der Waals surface area contributed by atoms with Gasteiger partial charge in [-0.05, 0) is 36.8 Å². The molecule has 2 nitrogen and oxygen atoms in total. The molecule has 0 atom stereocenters. The standard InChI is InChI=1S/C15H16BrNO/c1-2-18-15-5-3-4-14(10-15)17-11-12-6-8-13(16)9-7-12/h3-10,17H,2,11H2,1H3. The van der Waals surface area contributed by atoms with E-state index in [2.05, 4.69) is 33.4 Å². The second-order valence-electron chi connectivity index (χ2n) is 3.94. The van der Waals surface area contributed by atoms with Gasteiger partial charge in [0, 0.05) is 22.8 Å². The molecule has 0 aliphatic rings. The van der Waals surface area contributed by atoms with Crippen molar-refractivity contribution in [1.29, 1.82) is 0 Å². The molecular formula is C15H16BrNO. The summed E-state index contributed by atoms with van der Waals surface area (Å²) in [5, 5.41) is 3.38. The third-order valence-electron chi connectivity index (χ3n) is 2.55. The molecule has 94 valence electrons. The molecule has 2 rings (SSSR count). The summed E-state index contributed by atoms with van der Waals surface area (Å²) in [4.78, 5) is 0. The number of benzene rings is 2. The SMILES string of the molecule is CCOc1cccc(NCc2ccc(Br)cc2)c1. The number of rotatable bonds is 5. The summed E-state index contributed by atoms with van der Waals surface area (Å²) >= 11 is 3.43. The molecule has 0 aliphatic heterocycles. The van der Waals surface area contributed by atoms with Gasteiger partial charge in [0.2, 0.25) is 0 Å². The van der Waals surface area contributed by atoms with Crippen LogP contribution in [0.2, 0.25) is 0 Å². The van der Waals surface area contributed by atoms with Gasteiger partial charge in [-0.25, -0.2) is 0 Å². The van der Waals surface area contributed by atoms with Crippen LogP contribution < -0.4 is 10.1 Å². The Morgan fingerprint density at radius 1 is 1.11 bits per heavy atom. The Bertz CT molecular complexity index is 496. The van der Waals surface area contributed by atoms with E-state index >= 15 is 0 Å². The highest BCUT2D eigenvalue weighted by atomic mass is 79.9. The molecule has 0 unspecified atom stereocenters. The maximum atomic E-state index is 5.47. The third-order valence-corrected chi connectivity index (χ3v) is 3.08. The second kappa shape index (κ2) is 6.45. The minimum Gasteiger partial charge on any atom is -0.494 e. The van der Waals surface area contributed by atoms with Crippen LogP contribution >= 0.6 is 15.9 Å². The number of nitrogens with one attached hydrogen (secondary N) is 1. The first kappa shape index (κ1) is 13.0. The number of ether oxygens (including phenoxy) is 1. The van der Waals surface area contributed by atoms with Gasteiger partial charge in [0.15, 0.2) is 0 Å². The van der Waals surface area contributed by atoms with Crippen molar-refractivity contribution < 1.29 is 4.74 Å². The Hall–Kier alpha value is -1.48. The lowest BCUT2D eigenvalue weighted by Crippen LogP contribution is -1.99. The minimum atomic E-state index is 0.691. The summed E-state index contributed by atoms with van der Waals surface area (Å²) in [6, 6.07) is 16.3. The van der Waals surface area contributed by atoms with Gasteiger partial charge in [0.25, 0.3) is 0 Å². The fourth-order valence-corrected chi connectivity index (χ4v) is 1.93. The van der Waals surface area contributed by atoms with Crippen molar-refractivity contribution in [3.8, 4) is 5.75 Å². The van der Waals surface area contributed by atoms with E-state index in [4.69, 9.17) is 4.74 Å². The highest BCUT2D eigenvalue weighted by molar-refractivity contribution is 9.10. The van der Waals surface area contributed by atoms with Crippen molar-refractivity contribution in [1.82, 2.24) is 0 Å². The van der Waals surface area contributed by atoms with Gasteiger partial charge >= 0.3 is 0 Å². The van der Waals surface area contributed by atoms with Gasteiger partial charge in [0.05, 0.1) is 6.61 Å². The smallest absolute Gasteiger partial charge is 0.121 e. The summed E-state index contributed by atoms with van der Waals surface area (Å²) in [6.45, 7) is 3.49. The maximum absolute atomic E-state index is 5.47. The van der Waals surface area contributed by atoms with Crippen LogP contribution in [-0.4, -0.2) is 6.61 Å². The molecule has 0 bridgehead atoms. The number of hydrogen-bond donors (Lipinski definition) is 1. The lowest BCUT2D eigenvalue weighted by molar-refractivity contribution is 0.340. The van der Waals surface area contributed by atoms with E-state index in [1.807, 2.05) is 43.3 Å². The van der Waals surface area contributed by atoms with Crippen LogP contribution in [0.3, 0.4) is 0 Å². The van der Waals surface area contributed by atoms with E-state index in [0.29, 0.717) is 6.61 Å². The molecular weight excluding hydrogens is 290 g/mol. The van der Waals surface area contributed by atoms with Gasteiger partial charge in [-0.1, -0.05) is 34.1 Å². The number of halogens is 1. The molecule has 0 amide bonds. The highest BCUT2D eigenvalue weighted by Gasteiger charge is 1.97. The fraction of sp³-hybridized carbons (Fsp3) is 0.200. The van der Waals surface area contributed by atoms with Crippen molar-refractivity contribution in [2.45, 2.75) is 13.5 Å². The van der Waals surface area contributed by atoms with Crippen molar-refractivity contribution >= 4 is 21.6 Å². The van der Waals surface area contributed by atoms with E-state index in [0.717, 1.165) is 22.5 Å². The molecule has 2 aromatic carbocycles. The van der Waals surface area contributed by atoms with Crippen LogP contribution in [0, 0.1) is 0 Å². The molecule has 0 aliphatic carbocycles. The Morgan fingerprint density at radius 2 is 1.89 bits per heavy atom. The molecule has 0 saturated carbocycles. The van der Waals surface area contributed by atoms with Gasteiger partial charge in [0.1, 0.15) is 5.75 Å². The average Bonchev–Trinajstić information content (AvgIpc) is 2.39. The molecule has 0 saturated heterocycles. The van der Waals surface area contributed by atoms with Gasteiger partial charge < -0.3 is 10.1 Å². The Balaban J connectivity index is 1.97. The first-order chi connectivity index (χ1) is 8.78. The molecule has 2 aromatic rings. The zero-order chi connectivity index (χ0) is 12.8. The largest absolute Gasteiger partial charge is 0.494 e. The van der Waals surface area contributed by atoms with Crippen LogP contribution in [0.1, 0.15) is 12.5 Å². The normalized spacial score (nSPS) is 10.1. The first-order valence-corrected chi connectivity index (χ1v) is 6.78. The highest BCUT2D eigenvalue weighted by Crippen LogP contribution is 2.18. The van der Waals surface area contributed by atoms with Crippen molar-refractivity contribution in [3.63, 3.8) is 0 Å². The predicted octanol–water partition coefficient (Wildman–Crippen LogP) is 4.46. The Kier molecular flexibility index (Phi) is 4.65. The molecule has 0 aromatic heterocycles. The molecule has 0 spiro atoms. The Labute approximate surface area is 116 Å². The summed E-state index contributed by atoms with van der Waals surface area (Å²) in [5.74, 6) is 0.901. The first-order valence-electron chi connectivity index (χ1n) is 5.99. The maximum Gasteiger partial charge on any atom is 0.121 e. The van der Waals surface area contributed by atoms with Crippen LogP contribution in [0.25, 0.3) is 0 Å². The third kappa shape index (κ3) is 3.77. The monoisotopic (exact) mass is 305 g/mol. The van der Waals surface area contributed by atoms with Crippen LogP contribution in [0.15, 0.2) is 53.0 Å². The zero-order valence-corrected chi connectivity index (χ0v) is 11.9. The lowest BCUT2D eigenvalue weighted by Gasteiger charge is -2.09.